The summed E-state index contributed by atoms with van der Waals surface area (Å²) in [6.45, 7) is 1.05. The van der Waals surface area contributed by atoms with Gasteiger partial charge in [-0.25, -0.2) is 4.39 Å². The minimum atomic E-state index is -4.76. The Kier molecular flexibility index (Phi) is 8.21. The lowest BCUT2D eigenvalue weighted by molar-refractivity contribution is -0.153. The van der Waals surface area contributed by atoms with Crippen LogP contribution in [0.3, 0.4) is 0 Å². The molecule has 1 saturated heterocycles. The maximum atomic E-state index is 15.0. The quantitative estimate of drug-likeness (QED) is 0.220. The number of halogens is 7. The largest absolute Gasteiger partial charge is 0.488 e. The first-order valence-corrected chi connectivity index (χ1v) is 14.7. The van der Waals surface area contributed by atoms with Crippen molar-refractivity contribution >= 4 is 5.69 Å². The highest BCUT2D eigenvalue weighted by atomic mass is 19.4. The molecule has 7 nitrogen and oxygen atoms in total. The zero-order valence-electron chi connectivity index (χ0n) is 24.5. The van der Waals surface area contributed by atoms with Crippen LogP contribution in [0.5, 0.6) is 0 Å². The van der Waals surface area contributed by atoms with Crippen LogP contribution >= 0.6 is 0 Å². The summed E-state index contributed by atoms with van der Waals surface area (Å²) in [6.07, 6.45) is -5.06. The predicted octanol–water partition coefficient (Wildman–Crippen LogP) is 6.60. The van der Waals surface area contributed by atoms with E-state index in [0.717, 1.165) is 24.3 Å². The molecule has 14 heteroatoms. The summed E-state index contributed by atoms with van der Waals surface area (Å²) in [6, 6.07) is 11.7. The van der Waals surface area contributed by atoms with E-state index in [1.807, 2.05) is 28.1 Å². The van der Waals surface area contributed by atoms with Crippen molar-refractivity contribution in [2.45, 2.75) is 49.9 Å². The van der Waals surface area contributed by atoms with Crippen LogP contribution in [0.15, 0.2) is 82.7 Å². The number of para-hydroxylation sites is 1. The molecule has 6 rings (SSSR count). The number of ether oxygens (including phenoxy) is 1. The Bertz CT molecular complexity index is 1640. The smallest absolute Gasteiger partial charge is 0.449 e. The van der Waals surface area contributed by atoms with Crippen LogP contribution in [0.4, 0.5) is 36.4 Å². The minimum Gasteiger partial charge on any atom is -0.488 e. The van der Waals surface area contributed by atoms with Crippen molar-refractivity contribution in [3.63, 3.8) is 0 Å². The summed E-state index contributed by atoms with van der Waals surface area (Å²) in [5.41, 5.74) is 12.8. The van der Waals surface area contributed by atoms with Gasteiger partial charge in [-0.15, -0.1) is 0 Å². The fourth-order valence-electron chi connectivity index (χ4n) is 6.39. The Morgan fingerprint density at radius 2 is 1.63 bits per heavy atom. The van der Waals surface area contributed by atoms with Gasteiger partial charge in [0.15, 0.2) is 0 Å². The van der Waals surface area contributed by atoms with Gasteiger partial charge in [0.05, 0.1) is 24.5 Å². The molecular weight excluding hydrogens is 619 g/mol. The number of hydrogen-bond donors (Lipinski definition) is 2. The average Bonchev–Trinajstić information content (AvgIpc) is 3.61. The number of nitrogens with zero attached hydrogens (tertiary/aromatic N) is 3. The van der Waals surface area contributed by atoms with E-state index >= 15 is 0 Å². The van der Waals surface area contributed by atoms with Gasteiger partial charge in [0.2, 0.25) is 5.76 Å². The molecule has 2 aromatic carbocycles. The molecule has 1 aromatic heterocycles. The number of rotatable bonds is 7. The number of benzene rings is 2. The number of likely N-dealkylation sites (tertiary alicyclic amines) is 1. The number of nitrogen functional groups attached to an aromatic ring is 1. The molecule has 3 aliphatic rings. The van der Waals surface area contributed by atoms with Crippen LogP contribution in [0.1, 0.15) is 47.1 Å². The number of fused-ring (bicyclic) bond motifs is 2. The molecule has 4 N–H and O–H groups in total. The van der Waals surface area contributed by atoms with E-state index in [2.05, 4.69) is 0 Å². The van der Waals surface area contributed by atoms with Crippen molar-refractivity contribution in [1.82, 2.24) is 14.7 Å². The monoisotopic (exact) mass is 651 g/mol. The third kappa shape index (κ3) is 6.27. The first-order valence-electron chi connectivity index (χ1n) is 14.7. The lowest BCUT2D eigenvalue weighted by Gasteiger charge is -2.44. The van der Waals surface area contributed by atoms with Gasteiger partial charge in [-0.2, -0.15) is 26.3 Å². The molecule has 3 aromatic rings. The minimum absolute atomic E-state index is 0.104. The van der Waals surface area contributed by atoms with Crippen molar-refractivity contribution < 1.29 is 39.9 Å². The Hall–Kier alpha value is -4.17. The molecule has 1 fully saturated rings. The van der Waals surface area contributed by atoms with Crippen LogP contribution in [0.25, 0.3) is 0 Å². The SMILES string of the molecule is Nc1ccccc1C(N)CN1C=C2C(=COC23CCN(Cc2ccc(C(F)(F)F)o2)CC3)N(Cc2c(F)cccc2C(F)(F)F)C1. The second-order valence-corrected chi connectivity index (χ2v) is 11.8. The second-order valence-electron chi connectivity index (χ2n) is 11.8. The van der Waals surface area contributed by atoms with E-state index in [-0.39, 0.29) is 32.1 Å². The predicted molar refractivity (Wildman–Crippen MR) is 155 cm³/mol. The molecule has 1 spiro atoms. The average molecular weight is 652 g/mol. The van der Waals surface area contributed by atoms with Crippen molar-refractivity contribution in [2.24, 2.45) is 5.73 Å². The van der Waals surface area contributed by atoms with Gasteiger partial charge < -0.3 is 30.4 Å². The summed E-state index contributed by atoms with van der Waals surface area (Å²) in [7, 11) is 0. The third-order valence-corrected chi connectivity index (χ3v) is 8.75. The number of nitrogens with two attached hydrogens (primary N) is 2. The van der Waals surface area contributed by atoms with Gasteiger partial charge in [-0.05, 0) is 35.9 Å². The fraction of sp³-hybridized carbons (Fsp3) is 0.375. The normalized spacial score (nSPS) is 19.1. The Morgan fingerprint density at radius 3 is 2.30 bits per heavy atom. The third-order valence-electron chi connectivity index (χ3n) is 8.75. The first kappa shape index (κ1) is 31.8. The lowest BCUT2D eigenvalue weighted by Crippen LogP contribution is -2.49. The number of furan rings is 1. The van der Waals surface area contributed by atoms with E-state index in [4.69, 9.17) is 20.6 Å². The van der Waals surface area contributed by atoms with Gasteiger partial charge in [0.1, 0.15) is 23.4 Å². The second kappa shape index (κ2) is 11.9. The maximum Gasteiger partial charge on any atom is 0.449 e. The summed E-state index contributed by atoms with van der Waals surface area (Å²) in [5.74, 6) is -1.85. The van der Waals surface area contributed by atoms with E-state index < -0.39 is 46.7 Å². The molecule has 3 aliphatic heterocycles. The van der Waals surface area contributed by atoms with Gasteiger partial charge in [0.25, 0.3) is 0 Å². The summed E-state index contributed by atoms with van der Waals surface area (Å²) in [4.78, 5) is 5.46. The van der Waals surface area contributed by atoms with Crippen LogP contribution < -0.4 is 11.5 Å². The van der Waals surface area contributed by atoms with Crippen molar-refractivity contribution in [3.8, 4) is 0 Å². The molecule has 4 heterocycles. The topological polar surface area (TPSA) is 84.1 Å². The van der Waals surface area contributed by atoms with Crippen LogP contribution in [0, 0.1) is 5.82 Å². The number of hydrogen-bond acceptors (Lipinski definition) is 7. The highest BCUT2D eigenvalue weighted by Crippen LogP contribution is 2.47. The molecule has 246 valence electrons. The molecule has 0 saturated carbocycles. The Labute approximate surface area is 260 Å². The van der Waals surface area contributed by atoms with Crippen molar-refractivity contribution in [3.05, 3.63) is 112 Å². The van der Waals surface area contributed by atoms with Crippen LogP contribution in [-0.4, -0.2) is 46.6 Å². The molecular formula is C32H32F7N5O2. The van der Waals surface area contributed by atoms with Crippen molar-refractivity contribution in [2.75, 3.05) is 32.0 Å². The van der Waals surface area contributed by atoms with Gasteiger partial charge in [-0.3, -0.25) is 4.90 Å². The van der Waals surface area contributed by atoms with Crippen molar-refractivity contribution in [1.29, 1.82) is 0 Å². The van der Waals surface area contributed by atoms with E-state index in [1.165, 1.54) is 12.3 Å². The summed E-state index contributed by atoms with van der Waals surface area (Å²) >= 11 is 0. The van der Waals surface area contributed by atoms with E-state index in [0.29, 0.717) is 48.5 Å². The first-order chi connectivity index (χ1) is 21.7. The molecule has 1 atom stereocenters. The highest BCUT2D eigenvalue weighted by Gasteiger charge is 2.48. The van der Waals surface area contributed by atoms with E-state index in [9.17, 15) is 30.7 Å². The summed E-state index contributed by atoms with van der Waals surface area (Å²) in [5, 5.41) is 0. The number of anilines is 1. The van der Waals surface area contributed by atoms with Gasteiger partial charge >= 0.3 is 12.4 Å². The van der Waals surface area contributed by atoms with Gasteiger partial charge in [-0.1, -0.05) is 24.3 Å². The van der Waals surface area contributed by atoms with Crippen LogP contribution in [-0.2, 0) is 30.2 Å². The lowest BCUT2D eigenvalue weighted by atomic mass is 9.83. The molecule has 1 unspecified atom stereocenters. The fourth-order valence-corrected chi connectivity index (χ4v) is 6.39. The number of alkyl halides is 6. The molecule has 0 bridgehead atoms. The molecule has 0 aliphatic carbocycles. The van der Waals surface area contributed by atoms with Crippen LogP contribution in [0.2, 0.25) is 0 Å². The number of piperidine rings is 1. The summed E-state index contributed by atoms with van der Waals surface area (Å²) < 4.78 is 107. The Balaban J connectivity index is 1.26. The van der Waals surface area contributed by atoms with E-state index in [1.54, 1.807) is 17.0 Å². The standard InChI is InChI=1S/C32H32F7N5O2/c33-25-6-3-5-23(31(34,35)36)22(25)15-44-19-43(17-27(41)21-4-1-2-7-26(21)40)16-24-28(44)18-45-30(24)10-12-42(13-11-30)14-20-8-9-29(46-20)32(37,38)39/h1-9,16,18,27H,10-15,17,19,40-41H2. The molecule has 46 heavy (non-hydrogen) atoms. The van der Waals surface area contributed by atoms with Gasteiger partial charge in [0, 0.05) is 68.1 Å². The molecule has 0 amide bonds. The zero-order chi connectivity index (χ0) is 32.9. The Morgan fingerprint density at radius 1 is 0.891 bits per heavy atom. The molecule has 0 radical (unpaired) electrons. The maximum absolute atomic E-state index is 15.0. The highest BCUT2D eigenvalue weighted by molar-refractivity contribution is 5.48. The zero-order valence-corrected chi connectivity index (χ0v) is 24.5.